The molecule has 0 heterocycles. The third-order valence-electron chi connectivity index (χ3n) is 3.71. The molecule has 0 amide bonds. The molecule has 19 heavy (non-hydrogen) atoms. The normalized spacial score (nSPS) is 12.6. The molecule has 0 radical (unpaired) electrons. The molecule has 0 bridgehead atoms. The van der Waals surface area contributed by atoms with Crippen LogP contribution in [0.1, 0.15) is 31.0 Å². The molecule has 100 valence electrons. The highest BCUT2D eigenvalue weighted by molar-refractivity contribution is 5.23. The standard InChI is InChI=1S/C18H23N/c1-3-19(4-2)18(17-13-9-6-10-14-17)15-16-11-7-5-8-12-16/h5-14,18H,3-4,15H2,1-2H3. The lowest BCUT2D eigenvalue weighted by Gasteiger charge is -2.30. The Morgan fingerprint density at radius 2 is 1.32 bits per heavy atom. The summed E-state index contributed by atoms with van der Waals surface area (Å²) in [7, 11) is 0. The van der Waals surface area contributed by atoms with Crippen molar-refractivity contribution < 1.29 is 0 Å². The molecule has 0 aliphatic heterocycles. The highest BCUT2D eigenvalue weighted by Gasteiger charge is 2.17. The van der Waals surface area contributed by atoms with Gasteiger partial charge in [-0.25, -0.2) is 0 Å². The van der Waals surface area contributed by atoms with Gasteiger partial charge in [0, 0.05) is 6.04 Å². The van der Waals surface area contributed by atoms with Gasteiger partial charge in [0.1, 0.15) is 0 Å². The fourth-order valence-corrected chi connectivity index (χ4v) is 2.63. The highest BCUT2D eigenvalue weighted by atomic mass is 15.1. The molecule has 0 aromatic heterocycles. The molecule has 0 aliphatic rings. The Morgan fingerprint density at radius 3 is 1.84 bits per heavy atom. The molecule has 2 rings (SSSR count). The lowest BCUT2D eigenvalue weighted by Crippen LogP contribution is -2.29. The third kappa shape index (κ3) is 3.68. The Hall–Kier alpha value is -1.60. The predicted octanol–water partition coefficient (Wildman–Crippen LogP) is 4.31. The summed E-state index contributed by atoms with van der Waals surface area (Å²) in [5.41, 5.74) is 2.82. The maximum atomic E-state index is 2.53. The second kappa shape index (κ2) is 7.10. The van der Waals surface area contributed by atoms with Gasteiger partial charge in [-0.3, -0.25) is 4.90 Å². The van der Waals surface area contributed by atoms with Gasteiger partial charge in [-0.2, -0.15) is 0 Å². The second-order valence-corrected chi connectivity index (χ2v) is 4.84. The zero-order chi connectivity index (χ0) is 13.5. The van der Waals surface area contributed by atoms with Crippen molar-refractivity contribution in [1.82, 2.24) is 4.90 Å². The van der Waals surface area contributed by atoms with E-state index in [1.165, 1.54) is 11.1 Å². The summed E-state index contributed by atoms with van der Waals surface area (Å²) in [6.07, 6.45) is 1.08. The van der Waals surface area contributed by atoms with Crippen molar-refractivity contribution >= 4 is 0 Å². The summed E-state index contributed by atoms with van der Waals surface area (Å²) < 4.78 is 0. The minimum Gasteiger partial charge on any atom is -0.297 e. The van der Waals surface area contributed by atoms with Crippen molar-refractivity contribution in [1.29, 1.82) is 0 Å². The van der Waals surface area contributed by atoms with E-state index in [9.17, 15) is 0 Å². The molecule has 0 saturated carbocycles. The van der Waals surface area contributed by atoms with Crippen molar-refractivity contribution in [3.63, 3.8) is 0 Å². The molecule has 0 N–H and O–H groups in total. The summed E-state index contributed by atoms with van der Waals surface area (Å²) in [6, 6.07) is 22.1. The molecule has 0 saturated heterocycles. The molecule has 1 heteroatoms. The van der Waals surface area contributed by atoms with E-state index >= 15 is 0 Å². The maximum Gasteiger partial charge on any atom is 0.0388 e. The molecule has 2 aromatic rings. The lowest BCUT2D eigenvalue weighted by molar-refractivity contribution is 0.217. The first-order chi connectivity index (χ1) is 9.35. The SMILES string of the molecule is CCN(CC)C(Cc1ccccc1)c1ccccc1. The van der Waals surface area contributed by atoms with Gasteiger partial charge in [-0.05, 0) is 30.6 Å². The second-order valence-electron chi connectivity index (χ2n) is 4.84. The van der Waals surface area contributed by atoms with Gasteiger partial charge in [0.2, 0.25) is 0 Å². The van der Waals surface area contributed by atoms with E-state index in [4.69, 9.17) is 0 Å². The number of hydrogen-bond acceptors (Lipinski definition) is 1. The minimum atomic E-state index is 0.471. The largest absolute Gasteiger partial charge is 0.297 e. The third-order valence-corrected chi connectivity index (χ3v) is 3.71. The van der Waals surface area contributed by atoms with Crippen molar-refractivity contribution in [2.45, 2.75) is 26.3 Å². The maximum absolute atomic E-state index is 2.53. The van der Waals surface area contributed by atoms with Gasteiger partial charge in [0.25, 0.3) is 0 Å². The average molecular weight is 253 g/mol. The fraction of sp³-hybridized carbons (Fsp3) is 0.333. The molecular formula is C18H23N. The van der Waals surface area contributed by atoms with E-state index < -0.39 is 0 Å². The van der Waals surface area contributed by atoms with Gasteiger partial charge >= 0.3 is 0 Å². The molecule has 1 unspecified atom stereocenters. The molecule has 1 nitrogen and oxygen atoms in total. The molecular weight excluding hydrogens is 230 g/mol. The van der Waals surface area contributed by atoms with Gasteiger partial charge in [0.15, 0.2) is 0 Å². The first-order valence-corrected chi connectivity index (χ1v) is 7.18. The predicted molar refractivity (Wildman–Crippen MR) is 82.3 cm³/mol. The molecule has 1 atom stereocenters. The number of hydrogen-bond donors (Lipinski definition) is 0. The van der Waals surface area contributed by atoms with Crippen LogP contribution in [0.5, 0.6) is 0 Å². The summed E-state index contributed by atoms with van der Waals surface area (Å²) in [6.45, 7) is 6.65. The van der Waals surface area contributed by atoms with Crippen LogP contribution in [0.15, 0.2) is 60.7 Å². The lowest BCUT2D eigenvalue weighted by atomic mass is 9.97. The Labute approximate surface area is 116 Å². The van der Waals surface area contributed by atoms with Crippen LogP contribution in [0.25, 0.3) is 0 Å². The zero-order valence-electron chi connectivity index (χ0n) is 11.9. The molecule has 0 spiro atoms. The van der Waals surface area contributed by atoms with Crippen LogP contribution < -0.4 is 0 Å². The van der Waals surface area contributed by atoms with E-state index in [0.717, 1.165) is 19.5 Å². The number of rotatable bonds is 6. The minimum absolute atomic E-state index is 0.471. The zero-order valence-corrected chi connectivity index (χ0v) is 11.9. The highest BCUT2D eigenvalue weighted by Crippen LogP contribution is 2.24. The van der Waals surface area contributed by atoms with E-state index in [-0.39, 0.29) is 0 Å². The summed E-state index contributed by atoms with van der Waals surface area (Å²) >= 11 is 0. The van der Waals surface area contributed by atoms with E-state index in [1.54, 1.807) is 0 Å². The molecule has 0 aliphatic carbocycles. The van der Waals surface area contributed by atoms with Crippen LogP contribution in [0, 0.1) is 0 Å². The van der Waals surface area contributed by atoms with Crippen molar-refractivity contribution in [2.75, 3.05) is 13.1 Å². The van der Waals surface area contributed by atoms with Crippen LogP contribution in [0.2, 0.25) is 0 Å². The number of likely N-dealkylation sites (N-methyl/N-ethyl adjacent to an activating group) is 1. The van der Waals surface area contributed by atoms with Crippen molar-refractivity contribution in [2.24, 2.45) is 0 Å². The first kappa shape index (κ1) is 13.8. The van der Waals surface area contributed by atoms with Gasteiger partial charge in [-0.1, -0.05) is 74.5 Å². The number of benzene rings is 2. The quantitative estimate of drug-likeness (QED) is 0.741. The van der Waals surface area contributed by atoms with Gasteiger partial charge in [-0.15, -0.1) is 0 Å². The average Bonchev–Trinajstić information content (AvgIpc) is 2.49. The number of nitrogens with zero attached hydrogens (tertiary/aromatic N) is 1. The summed E-state index contributed by atoms with van der Waals surface area (Å²) in [5, 5.41) is 0. The van der Waals surface area contributed by atoms with Crippen LogP contribution in [0.4, 0.5) is 0 Å². The Morgan fingerprint density at radius 1 is 0.789 bits per heavy atom. The van der Waals surface area contributed by atoms with E-state index in [1.807, 2.05) is 0 Å². The van der Waals surface area contributed by atoms with Gasteiger partial charge < -0.3 is 0 Å². The Kier molecular flexibility index (Phi) is 5.17. The molecule has 2 aromatic carbocycles. The summed E-state index contributed by atoms with van der Waals surface area (Å²) in [5.74, 6) is 0. The first-order valence-electron chi connectivity index (χ1n) is 7.18. The van der Waals surface area contributed by atoms with Crippen LogP contribution in [0.3, 0.4) is 0 Å². The fourth-order valence-electron chi connectivity index (χ4n) is 2.63. The monoisotopic (exact) mass is 253 g/mol. The Balaban J connectivity index is 2.24. The van der Waals surface area contributed by atoms with Gasteiger partial charge in [0.05, 0.1) is 0 Å². The van der Waals surface area contributed by atoms with E-state index in [2.05, 4.69) is 79.4 Å². The van der Waals surface area contributed by atoms with E-state index in [0.29, 0.717) is 6.04 Å². The topological polar surface area (TPSA) is 3.24 Å². The van der Waals surface area contributed by atoms with Crippen molar-refractivity contribution in [3.8, 4) is 0 Å². The summed E-state index contributed by atoms with van der Waals surface area (Å²) in [4.78, 5) is 2.53. The van der Waals surface area contributed by atoms with Crippen molar-refractivity contribution in [3.05, 3.63) is 71.8 Å². The Bertz CT molecular complexity index is 460. The smallest absolute Gasteiger partial charge is 0.0388 e. The molecule has 0 fully saturated rings. The van der Waals surface area contributed by atoms with Crippen LogP contribution >= 0.6 is 0 Å². The van der Waals surface area contributed by atoms with Crippen LogP contribution in [-0.2, 0) is 6.42 Å². The van der Waals surface area contributed by atoms with Crippen LogP contribution in [-0.4, -0.2) is 18.0 Å².